The van der Waals surface area contributed by atoms with E-state index in [4.69, 9.17) is 23.2 Å². The Kier molecular flexibility index (Phi) is 4.26. The molecule has 0 aromatic heterocycles. The van der Waals surface area contributed by atoms with Gasteiger partial charge in [-0.2, -0.15) is 13.2 Å². The second-order valence-corrected chi connectivity index (χ2v) is 4.18. The van der Waals surface area contributed by atoms with Crippen molar-refractivity contribution in [2.75, 3.05) is 5.33 Å². The molecule has 1 rings (SSSR count). The molecule has 0 radical (unpaired) electrons. The Hall–Kier alpha value is -0.260. The number of hydrogen-bond donors (Lipinski definition) is 0. The van der Waals surface area contributed by atoms with Gasteiger partial charge in [-0.25, -0.2) is 0 Å². The number of carbonyl (C=O) groups excluding carboxylic acids is 1. The Morgan fingerprint density at radius 1 is 1.31 bits per heavy atom. The van der Waals surface area contributed by atoms with Crippen LogP contribution in [0.4, 0.5) is 13.2 Å². The van der Waals surface area contributed by atoms with Crippen molar-refractivity contribution >= 4 is 44.9 Å². The first-order valence-electron chi connectivity index (χ1n) is 3.93. The summed E-state index contributed by atoms with van der Waals surface area (Å²) in [6.45, 7) is 0. The van der Waals surface area contributed by atoms with Crippen molar-refractivity contribution in [2.45, 2.75) is 6.18 Å². The van der Waals surface area contributed by atoms with Gasteiger partial charge < -0.3 is 0 Å². The van der Waals surface area contributed by atoms with Gasteiger partial charge in [-0.15, -0.1) is 0 Å². The van der Waals surface area contributed by atoms with E-state index in [2.05, 4.69) is 15.9 Å². The lowest BCUT2D eigenvalue weighted by Crippen LogP contribution is -2.14. The third kappa shape index (κ3) is 2.70. The minimum Gasteiger partial charge on any atom is -0.293 e. The normalized spacial score (nSPS) is 11.6. The van der Waals surface area contributed by atoms with Crippen LogP contribution >= 0.6 is 39.1 Å². The maximum Gasteiger partial charge on any atom is 0.418 e. The van der Waals surface area contributed by atoms with Crippen molar-refractivity contribution < 1.29 is 18.0 Å². The van der Waals surface area contributed by atoms with Gasteiger partial charge in [0.05, 0.1) is 20.9 Å². The van der Waals surface area contributed by atoms with Gasteiger partial charge >= 0.3 is 6.18 Å². The molecule has 0 saturated heterocycles. The van der Waals surface area contributed by atoms with E-state index in [1.165, 1.54) is 0 Å². The van der Waals surface area contributed by atoms with Gasteiger partial charge in [0.2, 0.25) is 0 Å². The molecule has 0 bridgehead atoms. The number of rotatable bonds is 2. The van der Waals surface area contributed by atoms with Crippen molar-refractivity contribution in [3.8, 4) is 0 Å². The van der Waals surface area contributed by atoms with Crippen LogP contribution in [0.1, 0.15) is 15.9 Å². The van der Waals surface area contributed by atoms with Crippen molar-refractivity contribution in [2.24, 2.45) is 0 Å². The lowest BCUT2D eigenvalue weighted by molar-refractivity contribution is -0.137. The number of benzene rings is 1. The maximum atomic E-state index is 12.7. The Morgan fingerprint density at radius 2 is 1.88 bits per heavy atom. The van der Waals surface area contributed by atoms with E-state index < -0.39 is 28.1 Å². The van der Waals surface area contributed by atoms with Crippen LogP contribution in [0.25, 0.3) is 0 Å². The maximum absolute atomic E-state index is 12.7. The molecule has 0 saturated carbocycles. The predicted molar refractivity (Wildman–Crippen MR) is 59.6 cm³/mol. The number of ketones is 1. The van der Waals surface area contributed by atoms with E-state index in [1.807, 2.05) is 0 Å². The summed E-state index contributed by atoms with van der Waals surface area (Å²) in [7, 11) is 0. The van der Waals surface area contributed by atoms with Gasteiger partial charge in [0, 0.05) is 5.56 Å². The Labute approximate surface area is 108 Å². The summed E-state index contributed by atoms with van der Waals surface area (Å²) in [5.74, 6) is -0.703. The number of halogens is 6. The van der Waals surface area contributed by atoms with Crippen LogP contribution in [0.3, 0.4) is 0 Å². The average Bonchev–Trinajstić information content (AvgIpc) is 2.18. The van der Waals surface area contributed by atoms with E-state index in [9.17, 15) is 18.0 Å². The van der Waals surface area contributed by atoms with Crippen LogP contribution in [0.2, 0.25) is 10.0 Å². The van der Waals surface area contributed by atoms with Gasteiger partial charge in [-0.05, 0) is 12.1 Å². The van der Waals surface area contributed by atoms with Crippen LogP contribution in [-0.2, 0) is 6.18 Å². The Morgan fingerprint density at radius 3 is 2.31 bits per heavy atom. The molecular weight excluding hydrogens is 332 g/mol. The first-order chi connectivity index (χ1) is 7.29. The van der Waals surface area contributed by atoms with Crippen molar-refractivity contribution in [1.82, 2.24) is 0 Å². The minimum atomic E-state index is -4.71. The van der Waals surface area contributed by atoms with E-state index in [0.717, 1.165) is 12.1 Å². The third-order valence-electron chi connectivity index (χ3n) is 1.80. The molecule has 0 heterocycles. The molecule has 1 aromatic rings. The number of hydrogen-bond acceptors (Lipinski definition) is 1. The topological polar surface area (TPSA) is 17.1 Å². The highest BCUT2D eigenvalue weighted by Gasteiger charge is 2.38. The monoisotopic (exact) mass is 334 g/mol. The fourth-order valence-corrected chi connectivity index (χ4v) is 1.86. The summed E-state index contributed by atoms with van der Waals surface area (Å²) in [6, 6.07) is 2.18. The lowest BCUT2D eigenvalue weighted by atomic mass is 10.0. The Balaban J connectivity index is 3.52. The first-order valence-corrected chi connectivity index (χ1v) is 5.81. The quantitative estimate of drug-likeness (QED) is 0.570. The summed E-state index contributed by atoms with van der Waals surface area (Å²) < 4.78 is 38.0. The van der Waals surface area contributed by atoms with Gasteiger partial charge in [-0.1, -0.05) is 39.1 Å². The van der Waals surface area contributed by atoms with Crippen LogP contribution in [0.15, 0.2) is 12.1 Å². The molecule has 1 nitrogen and oxygen atoms in total. The molecule has 88 valence electrons. The Bertz CT molecular complexity index is 431. The summed E-state index contributed by atoms with van der Waals surface area (Å²) in [5.41, 5.74) is -1.68. The standard InChI is InChI=1S/C9H4BrCl2F3O/c10-3-6(16)4-1-2-5(11)8(12)7(4)9(13,14)15/h1-2H,3H2. The summed E-state index contributed by atoms with van der Waals surface area (Å²) >= 11 is 13.8. The van der Waals surface area contributed by atoms with Crippen LogP contribution < -0.4 is 0 Å². The zero-order chi connectivity index (χ0) is 12.5. The van der Waals surface area contributed by atoms with Crippen molar-refractivity contribution in [3.63, 3.8) is 0 Å². The van der Waals surface area contributed by atoms with E-state index in [-0.39, 0.29) is 10.4 Å². The average molecular weight is 336 g/mol. The number of carbonyl (C=O) groups is 1. The van der Waals surface area contributed by atoms with E-state index >= 15 is 0 Å². The molecule has 0 atom stereocenters. The molecule has 0 fully saturated rings. The molecule has 0 amide bonds. The fraction of sp³-hybridized carbons (Fsp3) is 0.222. The molecule has 16 heavy (non-hydrogen) atoms. The van der Waals surface area contributed by atoms with Crippen LogP contribution in [0.5, 0.6) is 0 Å². The summed E-state index contributed by atoms with van der Waals surface area (Å²) in [4.78, 5) is 11.3. The zero-order valence-electron chi connectivity index (χ0n) is 7.54. The van der Waals surface area contributed by atoms with Gasteiger partial charge in [-0.3, -0.25) is 4.79 Å². The van der Waals surface area contributed by atoms with Gasteiger partial charge in [0.25, 0.3) is 0 Å². The first kappa shape index (κ1) is 13.8. The second-order valence-electron chi connectivity index (χ2n) is 2.84. The smallest absolute Gasteiger partial charge is 0.293 e. The molecule has 7 heteroatoms. The van der Waals surface area contributed by atoms with Crippen molar-refractivity contribution in [1.29, 1.82) is 0 Å². The van der Waals surface area contributed by atoms with Gasteiger partial charge in [0.1, 0.15) is 0 Å². The molecule has 0 unspecified atom stereocenters. The second kappa shape index (κ2) is 4.94. The molecule has 0 N–H and O–H groups in total. The van der Waals surface area contributed by atoms with Crippen LogP contribution in [-0.4, -0.2) is 11.1 Å². The summed E-state index contributed by atoms with van der Waals surface area (Å²) in [5, 5.41) is -1.10. The minimum absolute atomic E-state index is 0.214. The highest BCUT2D eigenvalue weighted by Crippen LogP contribution is 2.40. The molecule has 0 aliphatic heterocycles. The highest BCUT2D eigenvalue weighted by atomic mass is 79.9. The largest absolute Gasteiger partial charge is 0.418 e. The molecular formula is C9H4BrCl2F3O. The SMILES string of the molecule is O=C(CBr)c1ccc(Cl)c(Cl)c1C(F)(F)F. The van der Waals surface area contributed by atoms with E-state index in [1.54, 1.807) is 0 Å². The van der Waals surface area contributed by atoms with Crippen LogP contribution in [0, 0.1) is 0 Å². The highest BCUT2D eigenvalue weighted by molar-refractivity contribution is 9.09. The predicted octanol–water partition coefficient (Wildman–Crippen LogP) is 4.59. The molecule has 0 spiro atoms. The number of Topliss-reactive ketones (excluding diaryl/α,β-unsaturated/α-hetero) is 1. The van der Waals surface area contributed by atoms with Gasteiger partial charge in [0.15, 0.2) is 5.78 Å². The fourth-order valence-electron chi connectivity index (χ4n) is 1.13. The lowest BCUT2D eigenvalue weighted by Gasteiger charge is -2.14. The van der Waals surface area contributed by atoms with Crippen molar-refractivity contribution in [3.05, 3.63) is 33.3 Å². The number of alkyl halides is 4. The van der Waals surface area contributed by atoms with E-state index in [0.29, 0.717) is 0 Å². The molecule has 1 aromatic carbocycles. The molecule has 0 aliphatic carbocycles. The molecule has 0 aliphatic rings. The zero-order valence-corrected chi connectivity index (χ0v) is 10.6. The summed E-state index contributed by atoms with van der Waals surface area (Å²) in [6.07, 6.45) is -4.71. The third-order valence-corrected chi connectivity index (χ3v) is 3.11.